The molecule has 1 aliphatic carbocycles. The van der Waals surface area contributed by atoms with Gasteiger partial charge in [-0.15, -0.1) is 0 Å². The smallest absolute Gasteiger partial charge is 0.337 e. The Morgan fingerprint density at radius 1 is 1.20 bits per heavy atom. The molecule has 0 radical (unpaired) electrons. The maximum absolute atomic E-state index is 11.8. The van der Waals surface area contributed by atoms with Crippen molar-refractivity contribution in [2.45, 2.75) is 45.6 Å². The van der Waals surface area contributed by atoms with Crippen LogP contribution in [0.2, 0.25) is 0 Å². The van der Waals surface area contributed by atoms with E-state index in [4.69, 9.17) is 0 Å². The van der Waals surface area contributed by atoms with Crippen LogP contribution in [0, 0.1) is 6.92 Å². The number of carboxylic acids is 1. The number of benzene rings is 2. The van der Waals surface area contributed by atoms with Crippen molar-refractivity contribution >= 4 is 16.9 Å². The second kappa shape index (κ2) is 6.07. The van der Waals surface area contributed by atoms with Crippen LogP contribution in [0.5, 0.6) is 0 Å². The third-order valence-electron chi connectivity index (χ3n) is 5.45. The van der Waals surface area contributed by atoms with E-state index >= 15 is 0 Å². The van der Waals surface area contributed by atoms with Gasteiger partial charge in [-0.05, 0) is 49.3 Å². The maximum atomic E-state index is 11.8. The summed E-state index contributed by atoms with van der Waals surface area (Å²) in [5.41, 5.74) is 6.42. The highest BCUT2D eigenvalue weighted by molar-refractivity contribution is 6.04. The summed E-state index contributed by atoms with van der Waals surface area (Å²) in [6.07, 6.45) is 3.38. The Kier molecular flexibility index (Phi) is 3.87. The molecule has 3 nitrogen and oxygen atoms in total. The van der Waals surface area contributed by atoms with Gasteiger partial charge in [0.2, 0.25) is 0 Å². The predicted molar refractivity (Wildman–Crippen MR) is 101 cm³/mol. The van der Waals surface area contributed by atoms with Crippen molar-refractivity contribution in [1.29, 1.82) is 0 Å². The molecule has 1 aliphatic rings. The average Bonchev–Trinajstić information content (AvgIpc) is 2.92. The normalized spacial score (nSPS) is 16.8. The molecule has 1 N–H and O–H groups in total. The van der Waals surface area contributed by atoms with Gasteiger partial charge in [0.1, 0.15) is 0 Å². The minimum absolute atomic E-state index is 0.409. The lowest BCUT2D eigenvalue weighted by molar-refractivity contribution is 0.0698. The highest BCUT2D eigenvalue weighted by Gasteiger charge is 2.27. The standard InChI is InChI=1S/C22H23NO2/c1-14-9-11-16(12-10-14)13-23-20-15(2)5-3-6-17(20)18-7-4-8-19(21(18)23)22(24)25/h4,7-12,15H,3,5-6,13H2,1-2H3,(H,24,25). The lowest BCUT2D eigenvalue weighted by atomic mass is 9.88. The topological polar surface area (TPSA) is 42.2 Å². The number of carboxylic acid groups (broad SMARTS) is 1. The van der Waals surface area contributed by atoms with Crippen molar-refractivity contribution in [3.63, 3.8) is 0 Å². The first-order valence-electron chi connectivity index (χ1n) is 8.99. The first-order valence-corrected chi connectivity index (χ1v) is 8.99. The molecule has 0 aliphatic heterocycles. The summed E-state index contributed by atoms with van der Waals surface area (Å²) in [5, 5.41) is 10.8. The number of carbonyl (C=O) groups is 1. The molecule has 128 valence electrons. The fourth-order valence-electron chi connectivity index (χ4n) is 4.26. The van der Waals surface area contributed by atoms with Crippen LogP contribution >= 0.6 is 0 Å². The molecule has 0 fully saturated rings. The second-order valence-electron chi connectivity index (χ2n) is 7.24. The van der Waals surface area contributed by atoms with Crippen LogP contribution in [0.25, 0.3) is 10.9 Å². The quantitative estimate of drug-likeness (QED) is 0.721. The van der Waals surface area contributed by atoms with E-state index in [-0.39, 0.29) is 0 Å². The number of aryl methyl sites for hydroxylation is 2. The fourth-order valence-corrected chi connectivity index (χ4v) is 4.26. The molecule has 25 heavy (non-hydrogen) atoms. The van der Waals surface area contributed by atoms with Crippen molar-refractivity contribution in [2.24, 2.45) is 0 Å². The van der Waals surface area contributed by atoms with Crippen LogP contribution in [-0.2, 0) is 13.0 Å². The maximum Gasteiger partial charge on any atom is 0.337 e. The SMILES string of the molecule is Cc1ccc(Cn2c3c(c4cccc(C(=O)O)c42)CCCC3C)cc1. The van der Waals surface area contributed by atoms with E-state index < -0.39 is 5.97 Å². The second-order valence-corrected chi connectivity index (χ2v) is 7.24. The van der Waals surface area contributed by atoms with Gasteiger partial charge in [0.15, 0.2) is 0 Å². The Hall–Kier alpha value is -2.55. The van der Waals surface area contributed by atoms with Crippen LogP contribution in [0.3, 0.4) is 0 Å². The monoisotopic (exact) mass is 333 g/mol. The molecule has 3 heteroatoms. The molecule has 1 heterocycles. The minimum Gasteiger partial charge on any atom is -0.478 e. The molecule has 0 saturated heterocycles. The third kappa shape index (κ3) is 2.64. The van der Waals surface area contributed by atoms with Crippen LogP contribution in [-0.4, -0.2) is 15.6 Å². The largest absolute Gasteiger partial charge is 0.478 e. The zero-order valence-corrected chi connectivity index (χ0v) is 14.7. The van der Waals surface area contributed by atoms with Gasteiger partial charge >= 0.3 is 5.97 Å². The summed E-state index contributed by atoms with van der Waals surface area (Å²) in [6.45, 7) is 5.07. The predicted octanol–water partition coefficient (Wildman–Crippen LogP) is 5.14. The van der Waals surface area contributed by atoms with Gasteiger partial charge in [-0.1, -0.05) is 48.9 Å². The molecule has 0 bridgehead atoms. The molecule has 2 aromatic carbocycles. The summed E-state index contributed by atoms with van der Waals surface area (Å²) < 4.78 is 2.27. The van der Waals surface area contributed by atoms with Gasteiger partial charge in [-0.25, -0.2) is 4.79 Å². The molecule has 0 amide bonds. The van der Waals surface area contributed by atoms with Gasteiger partial charge in [-0.2, -0.15) is 0 Å². The Morgan fingerprint density at radius 3 is 2.68 bits per heavy atom. The van der Waals surface area contributed by atoms with Crippen molar-refractivity contribution in [2.75, 3.05) is 0 Å². The zero-order chi connectivity index (χ0) is 17.6. The summed E-state index contributed by atoms with van der Waals surface area (Å²) in [4.78, 5) is 11.8. The van der Waals surface area contributed by atoms with E-state index in [0.29, 0.717) is 11.5 Å². The van der Waals surface area contributed by atoms with Crippen molar-refractivity contribution < 1.29 is 9.90 Å². The molecule has 1 atom stereocenters. The number of para-hydroxylation sites is 1. The molecular weight excluding hydrogens is 310 g/mol. The molecular formula is C22H23NO2. The van der Waals surface area contributed by atoms with E-state index in [1.807, 2.05) is 6.07 Å². The molecule has 1 aromatic heterocycles. The van der Waals surface area contributed by atoms with Crippen LogP contribution in [0.1, 0.15) is 58.4 Å². The van der Waals surface area contributed by atoms with Crippen LogP contribution in [0.15, 0.2) is 42.5 Å². The summed E-state index contributed by atoms with van der Waals surface area (Å²) in [7, 11) is 0. The Balaban J connectivity index is 1.98. The highest BCUT2D eigenvalue weighted by Crippen LogP contribution is 2.39. The van der Waals surface area contributed by atoms with Crippen molar-refractivity contribution in [3.8, 4) is 0 Å². The molecule has 3 aromatic rings. The summed E-state index contributed by atoms with van der Waals surface area (Å²) >= 11 is 0. The average molecular weight is 333 g/mol. The lowest BCUT2D eigenvalue weighted by Gasteiger charge is -2.22. The van der Waals surface area contributed by atoms with E-state index in [1.165, 1.54) is 35.2 Å². The molecule has 1 unspecified atom stereocenters. The third-order valence-corrected chi connectivity index (χ3v) is 5.45. The molecule has 0 saturated carbocycles. The number of hydrogen-bond acceptors (Lipinski definition) is 1. The van der Waals surface area contributed by atoms with Crippen molar-refractivity contribution in [1.82, 2.24) is 4.57 Å². The number of fused-ring (bicyclic) bond motifs is 3. The molecule has 0 spiro atoms. The number of nitrogens with zero attached hydrogens (tertiary/aromatic N) is 1. The first kappa shape index (κ1) is 15.9. The van der Waals surface area contributed by atoms with Gasteiger partial charge in [0.05, 0.1) is 11.1 Å². The number of rotatable bonds is 3. The van der Waals surface area contributed by atoms with Gasteiger partial charge in [-0.3, -0.25) is 0 Å². The van der Waals surface area contributed by atoms with Gasteiger partial charge in [0, 0.05) is 17.6 Å². The summed E-state index contributed by atoms with van der Waals surface area (Å²) in [6, 6.07) is 14.2. The van der Waals surface area contributed by atoms with Gasteiger partial charge < -0.3 is 9.67 Å². The highest BCUT2D eigenvalue weighted by atomic mass is 16.4. The Bertz CT molecular complexity index is 950. The van der Waals surface area contributed by atoms with Crippen LogP contribution in [0.4, 0.5) is 0 Å². The van der Waals surface area contributed by atoms with Crippen LogP contribution < -0.4 is 0 Å². The summed E-state index contributed by atoms with van der Waals surface area (Å²) in [5.74, 6) is -0.388. The number of hydrogen-bond donors (Lipinski definition) is 1. The van der Waals surface area contributed by atoms with E-state index in [2.05, 4.69) is 48.7 Å². The van der Waals surface area contributed by atoms with E-state index in [9.17, 15) is 9.90 Å². The zero-order valence-electron chi connectivity index (χ0n) is 14.7. The molecule has 4 rings (SSSR count). The number of aromatic carboxylic acids is 1. The van der Waals surface area contributed by atoms with E-state index in [0.717, 1.165) is 23.9 Å². The minimum atomic E-state index is -0.849. The Morgan fingerprint density at radius 2 is 1.96 bits per heavy atom. The van der Waals surface area contributed by atoms with Crippen molar-refractivity contribution in [3.05, 3.63) is 70.4 Å². The fraction of sp³-hybridized carbons (Fsp3) is 0.318. The number of aromatic nitrogens is 1. The van der Waals surface area contributed by atoms with E-state index in [1.54, 1.807) is 6.07 Å². The lowest BCUT2D eigenvalue weighted by Crippen LogP contribution is -2.13. The first-order chi connectivity index (χ1) is 12.1. The van der Waals surface area contributed by atoms with Gasteiger partial charge in [0.25, 0.3) is 0 Å². The Labute approximate surface area is 147 Å².